The Balaban J connectivity index is 1.89. The first-order chi connectivity index (χ1) is 14.5. The highest BCUT2D eigenvalue weighted by Gasteiger charge is 2.22. The van der Waals surface area contributed by atoms with Gasteiger partial charge in [0.2, 0.25) is 0 Å². The van der Waals surface area contributed by atoms with E-state index in [-0.39, 0.29) is 0 Å². The lowest BCUT2D eigenvalue weighted by molar-refractivity contribution is 0.416. The van der Waals surface area contributed by atoms with Crippen molar-refractivity contribution in [3.05, 3.63) is 63.7 Å². The predicted octanol–water partition coefficient (Wildman–Crippen LogP) is 7.53. The Morgan fingerprint density at radius 3 is 2.70 bits per heavy atom. The zero-order chi connectivity index (χ0) is 21.3. The summed E-state index contributed by atoms with van der Waals surface area (Å²) in [6.07, 6.45) is 4.64. The second kappa shape index (κ2) is 8.80. The van der Waals surface area contributed by atoms with Crippen LogP contribution in [0.3, 0.4) is 0 Å². The first-order valence-electron chi connectivity index (χ1n) is 9.64. The smallest absolute Gasteiger partial charge is 0.190 e. The first kappa shape index (κ1) is 20.9. The Morgan fingerprint density at radius 2 is 1.97 bits per heavy atom. The summed E-state index contributed by atoms with van der Waals surface area (Å²) in [7, 11) is 1.70. The van der Waals surface area contributed by atoms with Crippen molar-refractivity contribution in [3.63, 3.8) is 0 Å². The normalized spacial score (nSPS) is 11.1. The molecule has 154 valence electrons. The molecule has 0 saturated heterocycles. The lowest BCUT2D eigenvalue weighted by Gasteiger charge is -2.25. The SMILES string of the molecule is CCCN(c1nc(-c2ccc(Cl)cc2Cl)c(C)s1)c1c(OC)ccc2cnccc12. The van der Waals surface area contributed by atoms with E-state index < -0.39 is 0 Å². The van der Waals surface area contributed by atoms with Crippen LogP contribution >= 0.6 is 34.5 Å². The summed E-state index contributed by atoms with van der Waals surface area (Å²) >= 11 is 14.2. The van der Waals surface area contributed by atoms with Crippen LogP contribution in [0, 0.1) is 6.92 Å². The Hall–Kier alpha value is -2.34. The van der Waals surface area contributed by atoms with E-state index in [1.54, 1.807) is 30.7 Å². The van der Waals surface area contributed by atoms with E-state index in [4.69, 9.17) is 32.9 Å². The number of hydrogen-bond acceptors (Lipinski definition) is 5. The molecular weight excluding hydrogens is 437 g/mol. The number of ether oxygens (including phenoxy) is 1. The van der Waals surface area contributed by atoms with E-state index in [1.807, 2.05) is 36.5 Å². The van der Waals surface area contributed by atoms with Gasteiger partial charge in [-0.25, -0.2) is 4.98 Å². The van der Waals surface area contributed by atoms with Gasteiger partial charge in [0.25, 0.3) is 0 Å². The fourth-order valence-corrected chi connectivity index (χ4v) is 4.99. The van der Waals surface area contributed by atoms with Crippen LogP contribution in [0.2, 0.25) is 10.0 Å². The van der Waals surface area contributed by atoms with Crippen LogP contribution in [-0.2, 0) is 0 Å². The molecule has 4 rings (SSSR count). The highest BCUT2D eigenvalue weighted by Crippen LogP contribution is 2.44. The van der Waals surface area contributed by atoms with Gasteiger partial charge in [-0.05, 0) is 49.7 Å². The number of methoxy groups -OCH3 is 1. The standard InChI is InChI=1S/C23H21Cl2N3OS/c1-4-11-28(22-17-9-10-26-13-15(17)5-8-20(22)29-3)23-27-21(14(2)30-23)18-7-6-16(24)12-19(18)25/h5-10,12-13H,4,11H2,1-3H3. The number of pyridine rings is 1. The molecule has 0 saturated carbocycles. The molecular formula is C23H21Cl2N3OS. The van der Waals surface area contributed by atoms with Gasteiger partial charge in [-0.1, -0.05) is 30.1 Å². The van der Waals surface area contributed by atoms with E-state index in [2.05, 4.69) is 23.7 Å². The maximum Gasteiger partial charge on any atom is 0.190 e. The molecule has 7 heteroatoms. The molecule has 0 unspecified atom stereocenters. The van der Waals surface area contributed by atoms with Crippen LogP contribution in [0.15, 0.2) is 48.8 Å². The molecule has 0 bridgehead atoms. The summed E-state index contributed by atoms with van der Waals surface area (Å²) in [5.74, 6) is 0.807. The third kappa shape index (κ3) is 3.85. The molecule has 2 aromatic heterocycles. The molecule has 0 N–H and O–H groups in total. The van der Waals surface area contributed by atoms with Gasteiger partial charge < -0.3 is 9.64 Å². The van der Waals surface area contributed by atoms with Crippen molar-refractivity contribution < 1.29 is 4.74 Å². The van der Waals surface area contributed by atoms with Crippen molar-refractivity contribution >= 4 is 56.1 Å². The number of aryl methyl sites for hydroxylation is 1. The summed E-state index contributed by atoms with van der Waals surface area (Å²) in [6, 6.07) is 11.5. The Morgan fingerprint density at radius 1 is 1.13 bits per heavy atom. The Labute approximate surface area is 190 Å². The minimum atomic E-state index is 0.596. The number of thiazole rings is 1. The molecule has 4 nitrogen and oxygen atoms in total. The lowest BCUT2D eigenvalue weighted by Crippen LogP contribution is -2.19. The topological polar surface area (TPSA) is 38.2 Å². The number of halogens is 2. The Kier molecular flexibility index (Phi) is 6.14. The van der Waals surface area contributed by atoms with E-state index >= 15 is 0 Å². The zero-order valence-electron chi connectivity index (χ0n) is 16.9. The van der Waals surface area contributed by atoms with Crippen molar-refractivity contribution in [1.82, 2.24) is 9.97 Å². The summed E-state index contributed by atoms with van der Waals surface area (Å²) < 4.78 is 5.74. The lowest BCUT2D eigenvalue weighted by atomic mass is 10.1. The maximum absolute atomic E-state index is 6.47. The molecule has 0 atom stereocenters. The van der Waals surface area contributed by atoms with Crippen molar-refractivity contribution in [2.75, 3.05) is 18.6 Å². The molecule has 30 heavy (non-hydrogen) atoms. The molecule has 0 aliphatic heterocycles. The second-order valence-corrected chi connectivity index (χ2v) is 8.92. The van der Waals surface area contributed by atoms with Crippen molar-refractivity contribution in [1.29, 1.82) is 0 Å². The molecule has 0 aliphatic carbocycles. The summed E-state index contributed by atoms with van der Waals surface area (Å²) in [5.41, 5.74) is 2.76. The number of anilines is 2. The van der Waals surface area contributed by atoms with Gasteiger partial charge in [0.05, 0.1) is 23.5 Å². The van der Waals surface area contributed by atoms with Gasteiger partial charge in [-0.2, -0.15) is 0 Å². The van der Waals surface area contributed by atoms with Gasteiger partial charge in [-0.3, -0.25) is 4.98 Å². The third-order valence-corrected chi connectivity index (χ3v) is 6.44. The fourth-order valence-electron chi connectivity index (χ4n) is 3.53. The quantitative estimate of drug-likeness (QED) is 0.299. The number of rotatable bonds is 6. The second-order valence-electron chi connectivity index (χ2n) is 6.89. The minimum absolute atomic E-state index is 0.596. The molecule has 0 radical (unpaired) electrons. The number of nitrogens with zero attached hydrogens (tertiary/aromatic N) is 3. The van der Waals surface area contributed by atoms with Crippen molar-refractivity contribution in [2.45, 2.75) is 20.3 Å². The molecule has 0 amide bonds. The van der Waals surface area contributed by atoms with Crippen LogP contribution in [-0.4, -0.2) is 23.6 Å². The molecule has 0 aliphatic rings. The number of benzene rings is 2. The summed E-state index contributed by atoms with van der Waals surface area (Å²) in [4.78, 5) is 12.6. The van der Waals surface area contributed by atoms with E-state index in [9.17, 15) is 0 Å². The largest absolute Gasteiger partial charge is 0.495 e. The van der Waals surface area contributed by atoms with Crippen LogP contribution in [0.25, 0.3) is 22.0 Å². The van der Waals surface area contributed by atoms with Gasteiger partial charge in [0.1, 0.15) is 5.75 Å². The highest BCUT2D eigenvalue weighted by atomic mass is 35.5. The maximum atomic E-state index is 6.47. The van der Waals surface area contributed by atoms with Crippen LogP contribution in [0.4, 0.5) is 10.8 Å². The molecule has 0 spiro atoms. The fraction of sp³-hybridized carbons (Fsp3) is 0.217. The minimum Gasteiger partial charge on any atom is -0.495 e. The monoisotopic (exact) mass is 457 g/mol. The van der Waals surface area contributed by atoms with Gasteiger partial charge in [0.15, 0.2) is 5.13 Å². The van der Waals surface area contributed by atoms with Crippen molar-refractivity contribution in [2.24, 2.45) is 0 Å². The summed E-state index contributed by atoms with van der Waals surface area (Å²) in [6.45, 7) is 5.03. The van der Waals surface area contributed by atoms with E-state index in [0.29, 0.717) is 10.0 Å². The highest BCUT2D eigenvalue weighted by molar-refractivity contribution is 7.16. The third-order valence-electron chi connectivity index (χ3n) is 4.89. The molecule has 2 heterocycles. The predicted molar refractivity (Wildman–Crippen MR) is 128 cm³/mol. The van der Waals surface area contributed by atoms with Gasteiger partial charge >= 0.3 is 0 Å². The zero-order valence-corrected chi connectivity index (χ0v) is 19.3. The average molecular weight is 458 g/mol. The number of aromatic nitrogens is 2. The number of fused-ring (bicyclic) bond motifs is 1. The average Bonchev–Trinajstić information content (AvgIpc) is 3.12. The van der Waals surface area contributed by atoms with Crippen LogP contribution in [0.1, 0.15) is 18.2 Å². The number of hydrogen-bond donors (Lipinski definition) is 0. The first-order valence-corrected chi connectivity index (χ1v) is 11.2. The van der Waals surface area contributed by atoms with Gasteiger partial charge in [0, 0.05) is 45.2 Å². The van der Waals surface area contributed by atoms with E-state index in [0.717, 1.165) is 56.4 Å². The molecule has 2 aromatic carbocycles. The van der Waals surface area contributed by atoms with Crippen LogP contribution in [0.5, 0.6) is 5.75 Å². The van der Waals surface area contributed by atoms with Gasteiger partial charge in [-0.15, -0.1) is 11.3 Å². The summed E-state index contributed by atoms with van der Waals surface area (Å²) in [5, 5.41) is 4.25. The Bertz CT molecular complexity index is 1210. The van der Waals surface area contributed by atoms with E-state index in [1.165, 1.54) is 0 Å². The van der Waals surface area contributed by atoms with Crippen molar-refractivity contribution in [3.8, 4) is 17.0 Å². The molecule has 0 fully saturated rings. The van der Waals surface area contributed by atoms with Crippen LogP contribution < -0.4 is 9.64 Å². The molecule has 4 aromatic rings.